The number of sulfonamides is 1. The number of anilines is 2. The standard InChI is InChI=1S/C25H25F2N3O3S/c1-16-13-23(28-20-10-7-18(26)8-11-20)22-15-19(27)9-12-24(22)30(16)25(31)17-5-4-6-21(14-17)34(32,33)29(2)3/h4-12,14-16,23,28H,13H2,1-3H3/t16-,23-/m1/s1. The molecule has 0 saturated heterocycles. The van der Waals surface area contributed by atoms with E-state index in [1.54, 1.807) is 29.2 Å². The summed E-state index contributed by atoms with van der Waals surface area (Å²) in [6.07, 6.45) is 0.468. The molecule has 34 heavy (non-hydrogen) atoms. The van der Waals surface area contributed by atoms with Crippen molar-refractivity contribution >= 4 is 27.3 Å². The Labute approximate surface area is 197 Å². The third kappa shape index (κ3) is 4.53. The lowest BCUT2D eigenvalue weighted by atomic mass is 9.90. The molecule has 3 aromatic carbocycles. The molecule has 0 radical (unpaired) electrons. The molecular weight excluding hydrogens is 460 g/mol. The van der Waals surface area contributed by atoms with Crippen molar-refractivity contribution in [1.82, 2.24) is 4.31 Å². The number of hydrogen-bond donors (Lipinski definition) is 1. The van der Waals surface area contributed by atoms with Crippen molar-refractivity contribution in [3.05, 3.63) is 89.5 Å². The van der Waals surface area contributed by atoms with Gasteiger partial charge in [0.15, 0.2) is 0 Å². The van der Waals surface area contributed by atoms with Crippen LogP contribution in [-0.4, -0.2) is 38.8 Å². The van der Waals surface area contributed by atoms with E-state index in [-0.39, 0.29) is 34.3 Å². The van der Waals surface area contributed by atoms with Gasteiger partial charge >= 0.3 is 0 Å². The number of nitrogens with one attached hydrogen (secondary N) is 1. The lowest BCUT2D eigenvalue weighted by Gasteiger charge is -2.40. The van der Waals surface area contributed by atoms with E-state index in [4.69, 9.17) is 0 Å². The molecule has 4 rings (SSSR count). The van der Waals surface area contributed by atoms with Crippen molar-refractivity contribution in [2.75, 3.05) is 24.3 Å². The highest BCUT2D eigenvalue weighted by Gasteiger charge is 2.35. The van der Waals surface area contributed by atoms with Gasteiger partial charge in [0.25, 0.3) is 5.91 Å². The third-order valence-electron chi connectivity index (χ3n) is 5.91. The molecule has 0 bridgehead atoms. The second kappa shape index (κ2) is 9.15. The maximum absolute atomic E-state index is 14.2. The molecular formula is C25H25F2N3O3S. The molecule has 1 aliphatic heterocycles. The van der Waals surface area contributed by atoms with Crippen molar-refractivity contribution in [2.45, 2.75) is 30.3 Å². The second-order valence-corrected chi connectivity index (χ2v) is 10.6. The Bertz CT molecular complexity index is 1330. The molecule has 1 aliphatic rings. The van der Waals surface area contributed by atoms with Crippen molar-refractivity contribution < 1.29 is 22.0 Å². The zero-order chi connectivity index (χ0) is 24.6. The fourth-order valence-electron chi connectivity index (χ4n) is 4.17. The number of nitrogens with zero attached hydrogens (tertiary/aromatic N) is 2. The van der Waals surface area contributed by atoms with Gasteiger partial charge in [-0.3, -0.25) is 4.79 Å². The second-order valence-electron chi connectivity index (χ2n) is 8.48. The van der Waals surface area contributed by atoms with Gasteiger partial charge < -0.3 is 10.2 Å². The molecule has 6 nitrogen and oxygen atoms in total. The number of halogens is 2. The lowest BCUT2D eigenvalue weighted by Crippen LogP contribution is -2.44. The summed E-state index contributed by atoms with van der Waals surface area (Å²) < 4.78 is 53.7. The highest BCUT2D eigenvalue weighted by atomic mass is 32.2. The van der Waals surface area contributed by atoms with Crippen LogP contribution in [-0.2, 0) is 10.0 Å². The molecule has 0 spiro atoms. The zero-order valence-corrected chi connectivity index (χ0v) is 19.8. The number of carbonyl (C=O) groups excluding carboxylic acids is 1. The van der Waals surface area contributed by atoms with Gasteiger partial charge in [-0.15, -0.1) is 0 Å². The SMILES string of the molecule is C[C@@H]1C[C@@H](Nc2ccc(F)cc2)c2cc(F)ccc2N1C(=O)c1cccc(S(=O)(=O)N(C)C)c1. The Morgan fingerprint density at radius 2 is 1.68 bits per heavy atom. The van der Waals surface area contributed by atoms with Gasteiger partial charge in [-0.2, -0.15) is 0 Å². The first-order chi connectivity index (χ1) is 16.1. The van der Waals surface area contributed by atoms with E-state index in [1.807, 2.05) is 6.92 Å². The van der Waals surface area contributed by atoms with Crippen LogP contribution in [0.4, 0.5) is 20.2 Å². The molecule has 1 amide bonds. The highest BCUT2D eigenvalue weighted by Crippen LogP contribution is 2.40. The maximum Gasteiger partial charge on any atom is 0.258 e. The molecule has 1 heterocycles. The minimum absolute atomic E-state index is 0.0168. The minimum Gasteiger partial charge on any atom is -0.378 e. The number of hydrogen-bond acceptors (Lipinski definition) is 4. The van der Waals surface area contributed by atoms with Crippen molar-refractivity contribution in [1.29, 1.82) is 0 Å². The maximum atomic E-state index is 14.2. The highest BCUT2D eigenvalue weighted by molar-refractivity contribution is 7.89. The van der Waals surface area contributed by atoms with Crippen LogP contribution in [0, 0.1) is 11.6 Å². The van der Waals surface area contributed by atoms with Gasteiger partial charge in [-0.05, 0) is 74.0 Å². The first-order valence-corrected chi connectivity index (χ1v) is 12.2. The zero-order valence-electron chi connectivity index (χ0n) is 19.0. The van der Waals surface area contributed by atoms with E-state index in [0.29, 0.717) is 23.4 Å². The Morgan fingerprint density at radius 1 is 1.00 bits per heavy atom. The van der Waals surface area contributed by atoms with Gasteiger partial charge in [0.1, 0.15) is 11.6 Å². The van der Waals surface area contributed by atoms with Crippen molar-refractivity contribution in [2.24, 2.45) is 0 Å². The van der Waals surface area contributed by atoms with E-state index in [9.17, 15) is 22.0 Å². The normalized spacial score (nSPS) is 18.0. The number of benzene rings is 3. The Balaban J connectivity index is 1.71. The average Bonchev–Trinajstić information content (AvgIpc) is 2.80. The van der Waals surface area contributed by atoms with Crippen LogP contribution in [0.2, 0.25) is 0 Å². The van der Waals surface area contributed by atoms with E-state index >= 15 is 0 Å². The molecule has 1 N–H and O–H groups in total. The molecule has 0 aromatic heterocycles. The summed E-state index contributed by atoms with van der Waals surface area (Å²) in [5.74, 6) is -1.17. The Hall–Kier alpha value is -3.30. The van der Waals surface area contributed by atoms with Crippen LogP contribution < -0.4 is 10.2 Å². The van der Waals surface area contributed by atoms with Crippen LogP contribution in [0.25, 0.3) is 0 Å². The summed E-state index contributed by atoms with van der Waals surface area (Å²) in [6, 6.07) is 15.4. The summed E-state index contributed by atoms with van der Waals surface area (Å²) in [4.78, 5) is 15.2. The van der Waals surface area contributed by atoms with Crippen LogP contribution >= 0.6 is 0 Å². The van der Waals surface area contributed by atoms with E-state index in [0.717, 1.165) is 4.31 Å². The van der Waals surface area contributed by atoms with Gasteiger partial charge in [-0.25, -0.2) is 21.5 Å². The molecule has 2 atom stereocenters. The van der Waals surface area contributed by atoms with E-state index in [2.05, 4.69) is 5.32 Å². The minimum atomic E-state index is -3.71. The molecule has 0 unspecified atom stereocenters. The largest absolute Gasteiger partial charge is 0.378 e. The summed E-state index contributed by atoms with van der Waals surface area (Å²) >= 11 is 0. The van der Waals surface area contributed by atoms with Gasteiger partial charge in [0.2, 0.25) is 10.0 Å². The number of carbonyl (C=O) groups is 1. The van der Waals surface area contributed by atoms with E-state index < -0.39 is 15.8 Å². The summed E-state index contributed by atoms with van der Waals surface area (Å²) in [6.45, 7) is 1.88. The molecule has 0 fully saturated rings. The fourth-order valence-corrected chi connectivity index (χ4v) is 5.12. The molecule has 0 saturated carbocycles. The molecule has 178 valence electrons. The van der Waals surface area contributed by atoms with E-state index in [1.165, 1.54) is 56.6 Å². The smallest absolute Gasteiger partial charge is 0.258 e. The van der Waals surface area contributed by atoms with Gasteiger partial charge in [-0.1, -0.05) is 6.07 Å². The average molecular weight is 486 g/mol. The molecule has 3 aromatic rings. The molecule has 9 heteroatoms. The van der Waals surface area contributed by atoms with Crippen LogP contribution in [0.3, 0.4) is 0 Å². The van der Waals surface area contributed by atoms with Gasteiger partial charge in [0, 0.05) is 42.6 Å². The molecule has 0 aliphatic carbocycles. The first-order valence-electron chi connectivity index (χ1n) is 10.8. The van der Waals surface area contributed by atoms with Crippen LogP contribution in [0.5, 0.6) is 0 Å². The fraction of sp³-hybridized carbons (Fsp3) is 0.240. The topological polar surface area (TPSA) is 69.7 Å². The number of rotatable bonds is 5. The van der Waals surface area contributed by atoms with Crippen LogP contribution in [0.1, 0.15) is 35.3 Å². The quantitative estimate of drug-likeness (QED) is 0.563. The number of fused-ring (bicyclic) bond motifs is 1. The Kier molecular flexibility index (Phi) is 6.42. The summed E-state index contributed by atoms with van der Waals surface area (Å²) in [5, 5.41) is 3.31. The monoisotopic (exact) mass is 485 g/mol. The predicted molar refractivity (Wildman–Crippen MR) is 127 cm³/mol. The van der Waals surface area contributed by atoms with Crippen LogP contribution in [0.15, 0.2) is 71.6 Å². The van der Waals surface area contributed by atoms with Gasteiger partial charge in [0.05, 0.1) is 10.9 Å². The predicted octanol–water partition coefficient (Wildman–Crippen LogP) is 4.81. The van der Waals surface area contributed by atoms with Crippen molar-refractivity contribution in [3.63, 3.8) is 0 Å². The summed E-state index contributed by atoms with van der Waals surface area (Å²) in [5.41, 5.74) is 2.02. The first kappa shape index (κ1) is 23.8. The van der Waals surface area contributed by atoms with Crippen molar-refractivity contribution in [3.8, 4) is 0 Å². The third-order valence-corrected chi connectivity index (χ3v) is 7.72. The Morgan fingerprint density at radius 3 is 2.35 bits per heavy atom. The number of amides is 1. The summed E-state index contributed by atoms with van der Waals surface area (Å²) in [7, 11) is -0.861. The lowest BCUT2D eigenvalue weighted by molar-refractivity contribution is 0.0974.